The van der Waals surface area contributed by atoms with Crippen molar-refractivity contribution in [1.82, 2.24) is 9.55 Å². The first kappa shape index (κ1) is 27.1. The summed E-state index contributed by atoms with van der Waals surface area (Å²) in [4.78, 5) is 60.3. The zero-order valence-electron chi connectivity index (χ0n) is 15.5. The third-order valence-electron chi connectivity index (χ3n) is 3.84. The van der Waals surface area contributed by atoms with Gasteiger partial charge in [0.15, 0.2) is 6.23 Å². The van der Waals surface area contributed by atoms with Gasteiger partial charge in [0.1, 0.15) is 12.2 Å². The van der Waals surface area contributed by atoms with Gasteiger partial charge in [0.2, 0.25) is 5.85 Å². The second-order valence-corrected chi connectivity index (χ2v) is 10.9. The van der Waals surface area contributed by atoms with Crippen LogP contribution in [0.5, 0.6) is 0 Å². The van der Waals surface area contributed by atoms with Gasteiger partial charge >= 0.3 is 29.2 Å². The van der Waals surface area contributed by atoms with E-state index in [9.17, 15) is 37.7 Å². The molecule has 0 aliphatic carbocycles. The van der Waals surface area contributed by atoms with Crippen molar-refractivity contribution < 1.29 is 65.0 Å². The zero-order valence-corrected chi connectivity index (χ0v) is 18.2. The van der Waals surface area contributed by atoms with Gasteiger partial charge in [-0.1, -0.05) is 0 Å². The second-order valence-electron chi connectivity index (χ2n) is 6.45. The molecular formula is C11H17F2N2O14P3. The van der Waals surface area contributed by atoms with Crippen LogP contribution < -0.4 is 11.2 Å². The molecule has 2 heterocycles. The minimum Gasteiger partial charge on any atom is -0.385 e. The number of rotatable bonds is 10. The number of aromatic amines is 1. The van der Waals surface area contributed by atoms with Crippen molar-refractivity contribution in [3.05, 3.63) is 33.1 Å². The van der Waals surface area contributed by atoms with E-state index in [4.69, 9.17) is 19.4 Å². The van der Waals surface area contributed by atoms with Gasteiger partial charge in [-0.25, -0.2) is 22.9 Å². The van der Waals surface area contributed by atoms with Gasteiger partial charge < -0.3 is 29.4 Å². The van der Waals surface area contributed by atoms with E-state index < -0.39 is 78.5 Å². The number of phosphoric ester groups is 1. The molecule has 1 aromatic rings. The smallest absolute Gasteiger partial charge is 0.385 e. The van der Waals surface area contributed by atoms with Crippen LogP contribution in [0.15, 0.2) is 21.9 Å². The Morgan fingerprint density at radius 3 is 2.34 bits per heavy atom. The van der Waals surface area contributed by atoms with Crippen LogP contribution in [0.1, 0.15) is 19.1 Å². The molecule has 184 valence electrons. The molecule has 1 aliphatic rings. The largest absolute Gasteiger partial charge is 0.490 e. The summed E-state index contributed by atoms with van der Waals surface area (Å²) in [7, 11) is -17.3. The molecule has 0 radical (unpaired) electrons. The molecule has 16 nitrogen and oxygen atoms in total. The number of alkyl halides is 2. The Labute approximate surface area is 175 Å². The summed E-state index contributed by atoms with van der Waals surface area (Å²) in [5, 5.41) is 10.6. The predicted molar refractivity (Wildman–Crippen MR) is 95.3 cm³/mol. The number of ether oxygens (including phenoxy) is 1. The van der Waals surface area contributed by atoms with Crippen LogP contribution in [0.4, 0.5) is 8.78 Å². The number of nitrogens with one attached hydrogen (secondary N) is 1. The SMILES string of the molecule is O=c1ccn(C2OC(F)(COP(=O)(O)OP(=O)(O)OP(=O)(O)O)CC2(O)CCF)c(=O)[nH]1. The highest BCUT2D eigenvalue weighted by Crippen LogP contribution is 2.66. The summed E-state index contributed by atoms with van der Waals surface area (Å²) >= 11 is 0. The Kier molecular flexibility index (Phi) is 7.84. The van der Waals surface area contributed by atoms with Crippen molar-refractivity contribution in [3.63, 3.8) is 0 Å². The molecule has 1 aromatic heterocycles. The summed E-state index contributed by atoms with van der Waals surface area (Å²) in [5.74, 6) is -3.21. The van der Waals surface area contributed by atoms with Crippen molar-refractivity contribution in [3.8, 4) is 0 Å². The molecule has 2 rings (SSSR count). The molecule has 1 saturated heterocycles. The van der Waals surface area contributed by atoms with Gasteiger partial charge in [-0.05, 0) is 0 Å². The van der Waals surface area contributed by atoms with Crippen LogP contribution in [0.3, 0.4) is 0 Å². The highest BCUT2D eigenvalue weighted by atomic mass is 31.3. The van der Waals surface area contributed by atoms with E-state index in [2.05, 4.69) is 13.1 Å². The molecule has 5 atom stereocenters. The molecule has 0 amide bonds. The number of hydrogen-bond acceptors (Lipinski definition) is 10. The molecule has 5 unspecified atom stereocenters. The lowest BCUT2D eigenvalue weighted by atomic mass is 9.93. The molecule has 6 N–H and O–H groups in total. The Morgan fingerprint density at radius 1 is 1.19 bits per heavy atom. The quantitative estimate of drug-likeness (QED) is 0.209. The average molecular weight is 532 g/mol. The van der Waals surface area contributed by atoms with Crippen molar-refractivity contribution in [1.29, 1.82) is 0 Å². The Bertz CT molecular complexity index is 1100. The van der Waals surface area contributed by atoms with E-state index in [1.165, 1.54) is 0 Å². The van der Waals surface area contributed by atoms with Gasteiger partial charge in [0.25, 0.3) is 5.56 Å². The molecule has 32 heavy (non-hydrogen) atoms. The maximum absolute atomic E-state index is 15.1. The maximum Gasteiger partial charge on any atom is 0.490 e. The van der Waals surface area contributed by atoms with Gasteiger partial charge in [0.05, 0.1) is 6.67 Å². The number of nitrogens with zero attached hydrogens (tertiary/aromatic N) is 1. The van der Waals surface area contributed by atoms with Crippen LogP contribution in [-0.4, -0.2) is 59.0 Å². The first-order chi connectivity index (χ1) is 14.4. The van der Waals surface area contributed by atoms with Crippen molar-refractivity contribution in [2.75, 3.05) is 13.3 Å². The van der Waals surface area contributed by atoms with Crippen LogP contribution in [0.25, 0.3) is 0 Å². The molecule has 0 bridgehead atoms. The highest BCUT2D eigenvalue weighted by Gasteiger charge is 2.58. The van der Waals surface area contributed by atoms with E-state index in [0.717, 1.165) is 12.3 Å². The number of aromatic nitrogens is 2. The molecule has 0 saturated carbocycles. The Morgan fingerprint density at radius 2 is 1.81 bits per heavy atom. The molecule has 21 heteroatoms. The summed E-state index contributed by atoms with van der Waals surface area (Å²) in [6.07, 6.45) is -3.07. The van der Waals surface area contributed by atoms with E-state index in [-0.39, 0.29) is 0 Å². The molecule has 1 aliphatic heterocycles. The van der Waals surface area contributed by atoms with Crippen molar-refractivity contribution in [2.24, 2.45) is 0 Å². The van der Waals surface area contributed by atoms with Gasteiger partial charge in [-0.2, -0.15) is 8.62 Å². The van der Waals surface area contributed by atoms with Crippen LogP contribution in [0, 0.1) is 0 Å². The van der Waals surface area contributed by atoms with Crippen molar-refractivity contribution >= 4 is 23.5 Å². The standard InChI is InChI=1S/C11H17F2N2O14P3/c12-3-2-10(18)5-11(13,27-8(10)15-4-1-7(16)14-9(15)17)6-26-31(22,23)29-32(24,25)28-30(19,20)21/h1,4,8,18H,2-3,5-6H2,(H,22,23)(H,24,25)(H,14,16,17)(H2,19,20,21). The van der Waals surface area contributed by atoms with E-state index in [1.807, 2.05) is 0 Å². The zero-order chi connectivity index (χ0) is 24.6. The predicted octanol–water partition coefficient (Wildman–Crippen LogP) is -0.445. The second kappa shape index (κ2) is 9.25. The molecule has 0 spiro atoms. The van der Waals surface area contributed by atoms with Crippen LogP contribution in [-0.2, 0) is 31.6 Å². The summed E-state index contributed by atoms with van der Waals surface area (Å²) < 4.78 is 78.2. The Hall–Kier alpha value is -1.13. The number of H-pyrrole nitrogens is 1. The topological polar surface area (TPSA) is 244 Å². The van der Waals surface area contributed by atoms with Gasteiger partial charge in [-0.15, -0.1) is 0 Å². The lowest BCUT2D eigenvalue weighted by molar-refractivity contribution is -0.185. The van der Waals surface area contributed by atoms with E-state index in [0.29, 0.717) is 4.57 Å². The monoisotopic (exact) mass is 532 g/mol. The minimum absolute atomic E-state index is 0.517. The first-order valence-electron chi connectivity index (χ1n) is 8.14. The molecular weight excluding hydrogens is 515 g/mol. The van der Waals surface area contributed by atoms with Gasteiger partial charge in [-0.3, -0.25) is 23.3 Å². The first-order valence-corrected chi connectivity index (χ1v) is 12.7. The third kappa shape index (κ3) is 7.18. The van der Waals surface area contributed by atoms with Crippen LogP contribution in [0.2, 0.25) is 0 Å². The number of hydrogen-bond donors (Lipinski definition) is 6. The summed E-state index contributed by atoms with van der Waals surface area (Å²) in [6, 6.07) is 0.810. The highest BCUT2D eigenvalue weighted by molar-refractivity contribution is 7.66. The van der Waals surface area contributed by atoms with Crippen molar-refractivity contribution in [2.45, 2.75) is 30.5 Å². The summed E-state index contributed by atoms with van der Waals surface area (Å²) in [5.41, 5.74) is -4.44. The maximum atomic E-state index is 15.1. The number of aliphatic hydroxyl groups is 1. The lowest BCUT2D eigenvalue weighted by Crippen LogP contribution is -2.42. The fourth-order valence-corrected chi connectivity index (χ4v) is 5.82. The number of phosphoric acid groups is 3. The average Bonchev–Trinajstić information content (AvgIpc) is 2.82. The normalized spacial score (nSPS) is 30.0. The van der Waals surface area contributed by atoms with E-state index in [1.54, 1.807) is 4.98 Å². The van der Waals surface area contributed by atoms with Gasteiger partial charge in [0, 0.05) is 25.1 Å². The Balaban J connectivity index is 2.22. The lowest BCUT2D eigenvalue weighted by Gasteiger charge is -2.27. The van der Waals surface area contributed by atoms with E-state index >= 15 is 4.39 Å². The molecule has 1 fully saturated rings. The summed E-state index contributed by atoms with van der Waals surface area (Å²) in [6.45, 7) is -2.83. The minimum atomic E-state index is -5.87. The van der Waals surface area contributed by atoms with Crippen LogP contribution >= 0.6 is 23.5 Å². The fraction of sp³-hybridized carbons (Fsp3) is 0.636. The molecule has 0 aromatic carbocycles. The third-order valence-corrected chi connectivity index (χ3v) is 7.63. The fourth-order valence-electron chi connectivity index (χ4n) is 2.77. The number of halogens is 2.